The molecule has 3 N–H and O–H groups in total. The molecule has 0 saturated heterocycles. The molecule has 80 valence electrons. The van der Waals surface area contributed by atoms with Crippen molar-refractivity contribution in [3.05, 3.63) is 23.8 Å². The molecule has 0 unspecified atom stereocenters. The Morgan fingerprint density at radius 1 is 1.40 bits per heavy atom. The third kappa shape index (κ3) is 3.38. The molecule has 0 aliphatic heterocycles. The lowest BCUT2D eigenvalue weighted by Gasteiger charge is -2.10. The van der Waals surface area contributed by atoms with E-state index >= 15 is 0 Å². The van der Waals surface area contributed by atoms with E-state index in [4.69, 9.17) is 11.0 Å². The highest BCUT2D eigenvalue weighted by Gasteiger charge is 2.26. The number of alkyl halides is 3. The summed E-state index contributed by atoms with van der Waals surface area (Å²) in [5.41, 5.74) is 6.03. The Morgan fingerprint density at radius 3 is 2.60 bits per heavy atom. The van der Waals surface area contributed by atoms with Crippen LogP contribution in [0.4, 0.5) is 24.5 Å². The SMILES string of the molecule is N#Cc1cc(NCC(F)(F)F)ccc1N. The van der Waals surface area contributed by atoms with Crippen LogP contribution in [0.3, 0.4) is 0 Å². The second kappa shape index (κ2) is 4.09. The zero-order valence-electron chi connectivity index (χ0n) is 7.60. The standard InChI is InChI=1S/C9H8F3N3/c10-9(11,12)5-15-7-1-2-8(14)6(3-7)4-13/h1-3,15H,5,14H2. The first-order valence-corrected chi connectivity index (χ1v) is 4.02. The summed E-state index contributed by atoms with van der Waals surface area (Å²) < 4.78 is 35.6. The average Bonchev–Trinajstić information content (AvgIpc) is 2.15. The molecule has 15 heavy (non-hydrogen) atoms. The van der Waals surface area contributed by atoms with Crippen molar-refractivity contribution in [2.75, 3.05) is 17.6 Å². The highest BCUT2D eigenvalue weighted by molar-refractivity contribution is 5.61. The van der Waals surface area contributed by atoms with Gasteiger partial charge in [0, 0.05) is 11.4 Å². The number of hydrogen-bond acceptors (Lipinski definition) is 3. The van der Waals surface area contributed by atoms with E-state index in [0.29, 0.717) is 0 Å². The average molecular weight is 215 g/mol. The molecule has 1 aromatic carbocycles. The Kier molecular flexibility index (Phi) is 3.04. The molecule has 0 aliphatic carbocycles. The smallest absolute Gasteiger partial charge is 0.398 e. The molecule has 0 aromatic heterocycles. The number of nitrogens with two attached hydrogens (primary N) is 1. The maximum absolute atomic E-state index is 11.9. The Bertz CT molecular complexity index is 393. The lowest BCUT2D eigenvalue weighted by atomic mass is 10.2. The van der Waals surface area contributed by atoms with E-state index in [1.165, 1.54) is 18.2 Å². The van der Waals surface area contributed by atoms with E-state index < -0.39 is 12.7 Å². The van der Waals surface area contributed by atoms with Crippen LogP contribution in [0.1, 0.15) is 5.56 Å². The Balaban J connectivity index is 2.76. The predicted octanol–water partition coefficient (Wildman–Crippen LogP) is 2.11. The molecule has 0 fully saturated rings. The molecule has 0 heterocycles. The minimum absolute atomic E-state index is 0.155. The third-order valence-corrected chi connectivity index (χ3v) is 1.67. The van der Waals surface area contributed by atoms with Crippen LogP contribution in [0.15, 0.2) is 18.2 Å². The van der Waals surface area contributed by atoms with Gasteiger partial charge in [-0.1, -0.05) is 0 Å². The van der Waals surface area contributed by atoms with Gasteiger partial charge >= 0.3 is 6.18 Å². The molecule has 0 atom stereocenters. The number of nitriles is 1. The molecule has 0 amide bonds. The van der Waals surface area contributed by atoms with Crippen LogP contribution in [0.2, 0.25) is 0 Å². The second-order valence-corrected chi connectivity index (χ2v) is 2.88. The fourth-order valence-corrected chi connectivity index (χ4v) is 0.965. The van der Waals surface area contributed by atoms with E-state index in [9.17, 15) is 13.2 Å². The molecule has 6 heteroatoms. The van der Waals surface area contributed by atoms with Gasteiger partial charge in [-0.15, -0.1) is 0 Å². The van der Waals surface area contributed by atoms with Crippen molar-refractivity contribution in [1.82, 2.24) is 0 Å². The van der Waals surface area contributed by atoms with Crippen LogP contribution in [0.25, 0.3) is 0 Å². The molecular weight excluding hydrogens is 207 g/mol. The first-order chi connectivity index (χ1) is 6.92. The maximum atomic E-state index is 11.9. The monoisotopic (exact) mass is 215 g/mol. The van der Waals surface area contributed by atoms with Crippen LogP contribution in [-0.2, 0) is 0 Å². The molecule has 0 spiro atoms. The predicted molar refractivity (Wildman–Crippen MR) is 50.1 cm³/mol. The number of anilines is 2. The normalized spacial score (nSPS) is 10.8. The molecule has 3 nitrogen and oxygen atoms in total. The van der Waals surface area contributed by atoms with E-state index in [0.717, 1.165) is 0 Å². The Hall–Kier alpha value is -1.90. The lowest BCUT2D eigenvalue weighted by molar-refractivity contribution is -0.115. The largest absolute Gasteiger partial charge is 0.405 e. The lowest BCUT2D eigenvalue weighted by Crippen LogP contribution is -2.21. The Morgan fingerprint density at radius 2 is 2.07 bits per heavy atom. The molecule has 0 saturated carbocycles. The summed E-state index contributed by atoms with van der Waals surface area (Å²) in [5, 5.41) is 10.7. The van der Waals surface area contributed by atoms with E-state index in [-0.39, 0.29) is 16.9 Å². The summed E-state index contributed by atoms with van der Waals surface area (Å²) in [4.78, 5) is 0. The first kappa shape index (κ1) is 11.2. The second-order valence-electron chi connectivity index (χ2n) is 2.88. The summed E-state index contributed by atoms with van der Waals surface area (Å²) in [6, 6.07) is 5.84. The molecule has 1 aromatic rings. The summed E-state index contributed by atoms with van der Waals surface area (Å²) >= 11 is 0. The van der Waals surface area contributed by atoms with Gasteiger partial charge in [-0.05, 0) is 18.2 Å². The highest BCUT2D eigenvalue weighted by Crippen LogP contribution is 2.19. The highest BCUT2D eigenvalue weighted by atomic mass is 19.4. The number of benzene rings is 1. The van der Waals surface area contributed by atoms with Crippen LogP contribution >= 0.6 is 0 Å². The van der Waals surface area contributed by atoms with Crippen LogP contribution in [0, 0.1) is 11.3 Å². The van der Waals surface area contributed by atoms with Crippen LogP contribution < -0.4 is 11.1 Å². The van der Waals surface area contributed by atoms with Gasteiger partial charge in [0.2, 0.25) is 0 Å². The molecule has 0 aliphatic rings. The number of nitrogens with one attached hydrogen (secondary N) is 1. The number of halogens is 3. The number of nitrogen functional groups attached to an aromatic ring is 1. The van der Waals surface area contributed by atoms with Gasteiger partial charge in [0.15, 0.2) is 0 Å². The topological polar surface area (TPSA) is 61.8 Å². The molecule has 0 bridgehead atoms. The maximum Gasteiger partial charge on any atom is 0.405 e. The fraction of sp³-hybridized carbons (Fsp3) is 0.222. The van der Waals surface area contributed by atoms with Crippen molar-refractivity contribution >= 4 is 11.4 Å². The number of rotatable bonds is 2. The van der Waals surface area contributed by atoms with Crippen molar-refractivity contribution in [2.24, 2.45) is 0 Å². The number of nitrogens with zero attached hydrogens (tertiary/aromatic N) is 1. The third-order valence-electron chi connectivity index (χ3n) is 1.67. The molecule has 1 rings (SSSR count). The molecule has 0 radical (unpaired) electrons. The van der Waals surface area contributed by atoms with Gasteiger partial charge < -0.3 is 11.1 Å². The minimum Gasteiger partial charge on any atom is -0.398 e. The van der Waals surface area contributed by atoms with Crippen LogP contribution in [-0.4, -0.2) is 12.7 Å². The van der Waals surface area contributed by atoms with E-state index in [1.54, 1.807) is 6.07 Å². The fourth-order valence-electron chi connectivity index (χ4n) is 0.965. The summed E-state index contributed by atoms with van der Waals surface area (Å²) in [6.07, 6.45) is -4.28. The van der Waals surface area contributed by atoms with Crippen LogP contribution in [0.5, 0.6) is 0 Å². The van der Waals surface area contributed by atoms with Gasteiger partial charge in [0.1, 0.15) is 12.6 Å². The van der Waals surface area contributed by atoms with Gasteiger partial charge in [-0.3, -0.25) is 0 Å². The van der Waals surface area contributed by atoms with Crippen molar-refractivity contribution in [3.63, 3.8) is 0 Å². The van der Waals surface area contributed by atoms with Crippen molar-refractivity contribution in [2.45, 2.75) is 6.18 Å². The first-order valence-electron chi connectivity index (χ1n) is 4.02. The molecular formula is C9H8F3N3. The van der Waals surface area contributed by atoms with E-state index in [2.05, 4.69) is 5.32 Å². The van der Waals surface area contributed by atoms with Crippen molar-refractivity contribution in [1.29, 1.82) is 5.26 Å². The number of hydrogen-bond donors (Lipinski definition) is 2. The Labute approximate surface area is 84.3 Å². The van der Waals surface area contributed by atoms with Gasteiger partial charge in [-0.2, -0.15) is 18.4 Å². The van der Waals surface area contributed by atoms with Crippen molar-refractivity contribution < 1.29 is 13.2 Å². The quantitative estimate of drug-likeness (QED) is 0.742. The van der Waals surface area contributed by atoms with E-state index in [1.807, 2.05) is 0 Å². The zero-order chi connectivity index (χ0) is 11.5. The minimum atomic E-state index is -4.28. The van der Waals surface area contributed by atoms with Gasteiger partial charge in [-0.25, -0.2) is 0 Å². The summed E-state index contributed by atoms with van der Waals surface area (Å²) in [5.74, 6) is 0. The summed E-state index contributed by atoms with van der Waals surface area (Å²) in [6.45, 7) is -1.14. The summed E-state index contributed by atoms with van der Waals surface area (Å²) in [7, 11) is 0. The van der Waals surface area contributed by atoms with Gasteiger partial charge in [0.05, 0.1) is 5.56 Å². The zero-order valence-corrected chi connectivity index (χ0v) is 7.60. The van der Waals surface area contributed by atoms with Crippen molar-refractivity contribution in [3.8, 4) is 6.07 Å². The van der Waals surface area contributed by atoms with Gasteiger partial charge in [0.25, 0.3) is 0 Å².